The Hall–Kier alpha value is -3.94. The van der Waals surface area contributed by atoms with E-state index >= 15 is 0 Å². The Balaban J connectivity index is 1.53. The predicted molar refractivity (Wildman–Crippen MR) is 149 cm³/mol. The van der Waals surface area contributed by atoms with Crippen LogP contribution in [0.1, 0.15) is 47.9 Å². The summed E-state index contributed by atoms with van der Waals surface area (Å²) in [4.78, 5) is 45.0. The van der Waals surface area contributed by atoms with Gasteiger partial charge < -0.3 is 9.84 Å². The Morgan fingerprint density at radius 1 is 1.10 bits per heavy atom. The van der Waals surface area contributed by atoms with E-state index < -0.39 is 29.5 Å². The highest BCUT2D eigenvalue weighted by Crippen LogP contribution is 2.44. The molecule has 3 heterocycles. The van der Waals surface area contributed by atoms with Crippen molar-refractivity contribution in [2.75, 3.05) is 12.0 Å². The Kier molecular flexibility index (Phi) is 7.79. The number of aryl methyl sites for hydroxylation is 2. The van der Waals surface area contributed by atoms with Gasteiger partial charge in [-0.05, 0) is 43.2 Å². The van der Waals surface area contributed by atoms with Gasteiger partial charge in [0.1, 0.15) is 5.82 Å². The first kappa shape index (κ1) is 27.6. The van der Waals surface area contributed by atoms with Crippen molar-refractivity contribution in [3.8, 4) is 0 Å². The van der Waals surface area contributed by atoms with E-state index in [-0.39, 0.29) is 22.1 Å². The first-order valence-electron chi connectivity index (χ1n) is 11.8. The van der Waals surface area contributed by atoms with E-state index in [0.717, 1.165) is 11.3 Å². The van der Waals surface area contributed by atoms with Crippen LogP contribution >= 0.6 is 34.4 Å². The number of hydrogen-bond acceptors (Lipinski definition) is 11. The van der Waals surface area contributed by atoms with Crippen molar-refractivity contribution in [3.05, 3.63) is 97.9 Å². The summed E-state index contributed by atoms with van der Waals surface area (Å²) in [6, 6.07) is 11.5. The van der Waals surface area contributed by atoms with E-state index in [1.54, 1.807) is 44.2 Å². The van der Waals surface area contributed by atoms with Crippen LogP contribution in [0.4, 0.5) is 9.52 Å². The molecule has 0 spiro atoms. The Bertz CT molecular complexity index is 1660. The number of anilines is 1. The summed E-state index contributed by atoms with van der Waals surface area (Å²) < 4.78 is 19.3. The van der Waals surface area contributed by atoms with E-state index in [1.165, 1.54) is 53.3 Å². The molecule has 1 amide bonds. The molecule has 5 rings (SSSR count). The summed E-state index contributed by atoms with van der Waals surface area (Å²) >= 11 is 3.50. The molecule has 1 atom stereocenters. The normalized spacial score (nSPS) is 15.2. The Labute approximate surface area is 240 Å². The number of hydrogen-bond donors (Lipinski definition) is 1. The minimum Gasteiger partial charge on any atom is -0.503 e. The number of thioether (sulfide) groups is 1. The fraction of sp³-hybridized carbons (Fsp3) is 0.185. The summed E-state index contributed by atoms with van der Waals surface area (Å²) in [6.45, 7) is 3.45. The van der Waals surface area contributed by atoms with Gasteiger partial charge in [-0.2, -0.15) is 0 Å². The number of aliphatic hydroxyl groups is 1. The van der Waals surface area contributed by atoms with Crippen LogP contribution in [0.15, 0.2) is 64.2 Å². The van der Waals surface area contributed by atoms with Gasteiger partial charge in [0.15, 0.2) is 10.1 Å². The highest BCUT2D eigenvalue weighted by Gasteiger charge is 2.46. The highest BCUT2D eigenvalue weighted by atomic mass is 32.2. The van der Waals surface area contributed by atoms with Crippen LogP contribution in [-0.2, 0) is 15.3 Å². The number of esters is 1. The maximum absolute atomic E-state index is 14.1. The Morgan fingerprint density at radius 2 is 1.82 bits per heavy atom. The lowest BCUT2D eigenvalue weighted by atomic mass is 9.94. The molecule has 204 valence electrons. The van der Waals surface area contributed by atoms with E-state index in [4.69, 9.17) is 4.74 Å². The van der Waals surface area contributed by atoms with E-state index in [9.17, 15) is 23.9 Å². The number of nitrogens with zero attached hydrogens (tertiary/aromatic N) is 4. The molecular formula is C27H21FN4O5S3. The molecule has 9 nitrogen and oxygen atoms in total. The van der Waals surface area contributed by atoms with Crippen molar-refractivity contribution < 1.29 is 28.6 Å². The first-order chi connectivity index (χ1) is 19.2. The molecule has 2 aromatic carbocycles. The lowest BCUT2D eigenvalue weighted by Crippen LogP contribution is -2.31. The van der Waals surface area contributed by atoms with E-state index in [2.05, 4.69) is 15.2 Å². The zero-order chi connectivity index (χ0) is 28.6. The number of Topliss-reactive ketones (excluding diaryl/α,β-unsaturated/α-hetero) is 1. The number of benzene rings is 2. The largest absolute Gasteiger partial charge is 0.503 e. The molecule has 0 saturated heterocycles. The van der Waals surface area contributed by atoms with Crippen LogP contribution in [0.5, 0.6) is 0 Å². The summed E-state index contributed by atoms with van der Waals surface area (Å²) in [5.41, 5.74) is 1.59. The third-order valence-electron chi connectivity index (χ3n) is 6.12. The fourth-order valence-electron chi connectivity index (χ4n) is 4.25. The van der Waals surface area contributed by atoms with Crippen LogP contribution < -0.4 is 4.90 Å². The fourth-order valence-corrected chi connectivity index (χ4v) is 6.97. The van der Waals surface area contributed by atoms with Gasteiger partial charge in [-0.25, -0.2) is 14.2 Å². The second-order valence-corrected chi connectivity index (χ2v) is 12.0. The minimum atomic E-state index is -1.05. The molecule has 1 N–H and O–H groups in total. The van der Waals surface area contributed by atoms with Crippen molar-refractivity contribution in [1.29, 1.82) is 0 Å². The molecule has 13 heteroatoms. The number of aromatic nitrogens is 3. The molecule has 0 radical (unpaired) electrons. The summed E-state index contributed by atoms with van der Waals surface area (Å²) in [7, 11) is 1.27. The molecule has 2 aromatic heterocycles. The summed E-state index contributed by atoms with van der Waals surface area (Å²) in [5.74, 6) is -2.63. The first-order valence-corrected chi connectivity index (χ1v) is 14.4. The lowest BCUT2D eigenvalue weighted by Gasteiger charge is -2.24. The summed E-state index contributed by atoms with van der Waals surface area (Å²) in [6.07, 6.45) is 0. The number of amides is 1. The molecule has 4 aromatic rings. The zero-order valence-corrected chi connectivity index (χ0v) is 23.8. The van der Waals surface area contributed by atoms with Gasteiger partial charge in [-0.3, -0.25) is 14.5 Å². The van der Waals surface area contributed by atoms with Crippen molar-refractivity contribution in [3.63, 3.8) is 0 Å². The molecular weight excluding hydrogens is 576 g/mol. The van der Waals surface area contributed by atoms with Crippen LogP contribution in [0.3, 0.4) is 0 Å². The number of thiazole rings is 1. The third-order valence-corrected chi connectivity index (χ3v) is 9.30. The van der Waals surface area contributed by atoms with Gasteiger partial charge in [-0.15, -0.1) is 21.5 Å². The smallest absolute Gasteiger partial charge is 0.337 e. The molecule has 0 bridgehead atoms. The van der Waals surface area contributed by atoms with Gasteiger partial charge in [0, 0.05) is 5.75 Å². The number of ether oxygens (including phenoxy) is 1. The molecule has 0 aliphatic carbocycles. The number of methoxy groups -OCH3 is 1. The van der Waals surface area contributed by atoms with Gasteiger partial charge in [-0.1, -0.05) is 53.4 Å². The molecule has 1 aliphatic heterocycles. The SMILES string of the molecule is COC(=O)c1ccc(C2C(C(=O)c3sc(C)nc3C)=C(O)C(=O)N2c2nnc(SCc3ccccc3F)s2)cc1. The van der Waals surface area contributed by atoms with Crippen molar-refractivity contribution in [2.24, 2.45) is 0 Å². The molecule has 1 aliphatic rings. The molecule has 0 saturated carbocycles. The van der Waals surface area contributed by atoms with Crippen LogP contribution in [-0.4, -0.2) is 45.1 Å². The average Bonchev–Trinajstić information content (AvgIpc) is 3.63. The number of aliphatic hydroxyl groups excluding tert-OH is 1. The monoisotopic (exact) mass is 596 g/mol. The highest BCUT2D eigenvalue weighted by molar-refractivity contribution is 8.00. The molecule has 0 fully saturated rings. The zero-order valence-electron chi connectivity index (χ0n) is 21.4. The minimum absolute atomic E-state index is 0.127. The van der Waals surface area contributed by atoms with Crippen molar-refractivity contribution >= 4 is 57.2 Å². The van der Waals surface area contributed by atoms with Gasteiger partial charge in [0.05, 0.1) is 39.9 Å². The second-order valence-electron chi connectivity index (χ2n) is 8.66. The van der Waals surface area contributed by atoms with Crippen LogP contribution in [0.2, 0.25) is 0 Å². The maximum Gasteiger partial charge on any atom is 0.337 e. The average molecular weight is 597 g/mol. The van der Waals surface area contributed by atoms with E-state index in [1.807, 2.05) is 0 Å². The Morgan fingerprint density at radius 3 is 2.48 bits per heavy atom. The van der Waals surface area contributed by atoms with Gasteiger partial charge in [0.25, 0.3) is 5.91 Å². The standard InChI is InChI=1S/C27H21FN4O5S3/c1-13-23(39-14(2)29-13)21(33)19-20(15-8-10-16(11-9-15)25(36)37-3)32(24(35)22(19)34)26-30-31-27(40-26)38-12-17-6-4-5-7-18(17)28/h4-11,20,34H,12H2,1-3H3. The third kappa shape index (κ3) is 5.15. The van der Waals surface area contributed by atoms with Crippen LogP contribution in [0, 0.1) is 19.7 Å². The van der Waals surface area contributed by atoms with E-state index in [0.29, 0.717) is 36.8 Å². The number of ketones is 1. The van der Waals surface area contributed by atoms with Crippen LogP contribution in [0.25, 0.3) is 0 Å². The second kappa shape index (κ2) is 11.3. The topological polar surface area (TPSA) is 123 Å². The quantitative estimate of drug-likeness (QED) is 0.120. The number of carbonyl (C=O) groups is 3. The molecule has 40 heavy (non-hydrogen) atoms. The number of carbonyl (C=O) groups excluding carboxylic acids is 3. The molecule has 1 unspecified atom stereocenters. The van der Waals surface area contributed by atoms with Gasteiger partial charge >= 0.3 is 5.97 Å². The lowest BCUT2D eigenvalue weighted by molar-refractivity contribution is -0.117. The van der Waals surface area contributed by atoms with Gasteiger partial charge in [0.2, 0.25) is 10.9 Å². The number of halogens is 1. The van der Waals surface area contributed by atoms with Crippen molar-refractivity contribution in [2.45, 2.75) is 30.0 Å². The predicted octanol–water partition coefficient (Wildman–Crippen LogP) is 5.61. The number of rotatable bonds is 8. The maximum atomic E-state index is 14.1. The summed E-state index contributed by atoms with van der Waals surface area (Å²) in [5, 5.41) is 20.1. The van der Waals surface area contributed by atoms with Crippen molar-refractivity contribution in [1.82, 2.24) is 15.2 Å².